The van der Waals surface area contributed by atoms with Crippen molar-refractivity contribution in [2.45, 2.75) is 18.9 Å². The van der Waals surface area contributed by atoms with Crippen LogP contribution in [0.5, 0.6) is 0 Å². The second-order valence-electron chi connectivity index (χ2n) is 4.66. The highest BCUT2D eigenvalue weighted by Crippen LogP contribution is 2.38. The van der Waals surface area contributed by atoms with Gasteiger partial charge in [0.05, 0.1) is 11.1 Å². The fourth-order valence-corrected chi connectivity index (χ4v) is 2.13. The summed E-state index contributed by atoms with van der Waals surface area (Å²) < 4.78 is 1.64. The molecule has 0 radical (unpaired) electrons. The number of anilines is 1. The lowest BCUT2D eigenvalue weighted by Crippen LogP contribution is -2.17. The fourth-order valence-electron chi connectivity index (χ4n) is 1.98. The Morgan fingerprint density at radius 1 is 1.43 bits per heavy atom. The lowest BCUT2D eigenvalue weighted by molar-refractivity contribution is -0.384. The second kappa shape index (κ2) is 5.13. The average molecular weight is 308 g/mol. The molecule has 2 aromatic heterocycles. The van der Waals surface area contributed by atoms with Gasteiger partial charge in [0.25, 0.3) is 11.6 Å². The van der Waals surface area contributed by atoms with Crippen LogP contribution in [0.25, 0.3) is 0 Å². The van der Waals surface area contributed by atoms with Crippen molar-refractivity contribution in [3.8, 4) is 0 Å². The third-order valence-electron chi connectivity index (χ3n) is 3.09. The topological polar surface area (TPSA) is 103 Å². The minimum atomic E-state index is -0.517. The van der Waals surface area contributed by atoms with Gasteiger partial charge in [0.15, 0.2) is 0 Å². The number of amides is 1. The Morgan fingerprint density at radius 2 is 2.19 bits per heavy atom. The van der Waals surface area contributed by atoms with E-state index in [1.54, 1.807) is 4.57 Å². The third kappa shape index (κ3) is 2.84. The summed E-state index contributed by atoms with van der Waals surface area (Å²) in [6.07, 6.45) is 4.43. The number of rotatable bonds is 4. The molecule has 0 aliphatic heterocycles. The summed E-state index contributed by atoms with van der Waals surface area (Å²) in [5.74, 6) is -0.226. The van der Waals surface area contributed by atoms with Gasteiger partial charge in [-0.1, -0.05) is 11.6 Å². The predicted octanol–water partition coefficient (Wildman–Crippen LogP) is 2.43. The van der Waals surface area contributed by atoms with Gasteiger partial charge in [-0.15, -0.1) is 0 Å². The highest BCUT2D eigenvalue weighted by molar-refractivity contribution is 6.29. The van der Waals surface area contributed by atoms with Crippen molar-refractivity contribution in [3.05, 3.63) is 45.6 Å². The van der Waals surface area contributed by atoms with Crippen molar-refractivity contribution in [2.24, 2.45) is 0 Å². The maximum absolute atomic E-state index is 12.3. The molecule has 1 aliphatic rings. The van der Waals surface area contributed by atoms with Crippen LogP contribution in [0.4, 0.5) is 11.5 Å². The van der Waals surface area contributed by atoms with Crippen molar-refractivity contribution in [1.29, 1.82) is 0 Å². The average Bonchev–Trinajstić information content (AvgIpc) is 3.17. The summed E-state index contributed by atoms with van der Waals surface area (Å²) in [4.78, 5) is 30.2. The highest BCUT2D eigenvalue weighted by Gasteiger charge is 2.30. The van der Waals surface area contributed by atoms with Crippen LogP contribution in [0.3, 0.4) is 0 Å². The number of hydrogen-bond acceptors (Lipinski definition) is 5. The SMILES string of the molecule is O=C(Nc1cc(Cl)ncn1)c1cc([N+](=O)[O-])cn1C1CC1. The zero-order valence-electron chi connectivity index (χ0n) is 10.7. The molecule has 0 bridgehead atoms. The lowest BCUT2D eigenvalue weighted by Gasteiger charge is -2.07. The van der Waals surface area contributed by atoms with E-state index in [-0.39, 0.29) is 28.4 Å². The second-order valence-corrected chi connectivity index (χ2v) is 5.05. The summed E-state index contributed by atoms with van der Waals surface area (Å²) in [5.41, 5.74) is 0.131. The third-order valence-corrected chi connectivity index (χ3v) is 3.30. The first-order valence-corrected chi connectivity index (χ1v) is 6.57. The van der Waals surface area contributed by atoms with Crippen LogP contribution in [0.2, 0.25) is 5.15 Å². The van der Waals surface area contributed by atoms with E-state index in [0.29, 0.717) is 0 Å². The van der Waals surface area contributed by atoms with Crippen LogP contribution in [0, 0.1) is 10.1 Å². The van der Waals surface area contributed by atoms with Crippen LogP contribution in [-0.2, 0) is 0 Å². The summed E-state index contributed by atoms with van der Waals surface area (Å²) in [6, 6.07) is 2.81. The molecule has 0 aromatic carbocycles. The molecule has 0 spiro atoms. The van der Waals surface area contributed by atoms with Crippen LogP contribution in [-0.4, -0.2) is 25.4 Å². The molecule has 0 unspecified atom stereocenters. The minimum Gasteiger partial charge on any atom is -0.334 e. The van der Waals surface area contributed by atoms with Crippen molar-refractivity contribution in [3.63, 3.8) is 0 Å². The molecule has 0 atom stereocenters. The van der Waals surface area contributed by atoms with E-state index in [1.165, 1.54) is 24.7 Å². The number of nitro groups is 1. The molecule has 0 saturated heterocycles. The Hall–Kier alpha value is -2.48. The summed E-state index contributed by atoms with van der Waals surface area (Å²) >= 11 is 5.71. The molecule has 2 heterocycles. The Bertz CT molecular complexity index is 725. The Labute approximate surface area is 123 Å². The van der Waals surface area contributed by atoms with Crippen molar-refractivity contribution >= 4 is 29.0 Å². The maximum Gasteiger partial charge on any atom is 0.287 e. The van der Waals surface area contributed by atoms with E-state index in [2.05, 4.69) is 15.3 Å². The van der Waals surface area contributed by atoms with Crippen LogP contribution < -0.4 is 5.32 Å². The zero-order chi connectivity index (χ0) is 15.0. The van der Waals surface area contributed by atoms with Crippen LogP contribution >= 0.6 is 11.6 Å². The molecule has 9 heteroatoms. The molecule has 1 N–H and O–H groups in total. The first-order chi connectivity index (χ1) is 10.0. The number of aromatic nitrogens is 3. The van der Waals surface area contributed by atoms with Crippen molar-refractivity contribution in [2.75, 3.05) is 5.32 Å². The largest absolute Gasteiger partial charge is 0.334 e. The van der Waals surface area contributed by atoms with E-state index in [9.17, 15) is 14.9 Å². The van der Waals surface area contributed by atoms with Crippen LogP contribution in [0.15, 0.2) is 24.7 Å². The number of nitrogens with zero attached hydrogens (tertiary/aromatic N) is 4. The number of halogens is 1. The number of carbonyl (C=O) groups is 1. The van der Waals surface area contributed by atoms with E-state index < -0.39 is 10.8 Å². The molecular formula is C12H10ClN5O3. The first-order valence-electron chi connectivity index (χ1n) is 6.20. The molecule has 108 valence electrons. The van der Waals surface area contributed by atoms with Gasteiger partial charge >= 0.3 is 0 Å². The number of hydrogen-bond donors (Lipinski definition) is 1. The molecule has 21 heavy (non-hydrogen) atoms. The standard InChI is InChI=1S/C12H10ClN5O3/c13-10-4-11(15-6-14-10)16-12(19)9-3-8(18(20)21)5-17(9)7-1-2-7/h3-7H,1-2H2,(H,14,15,16,19). The Balaban J connectivity index is 1.88. The first kappa shape index (κ1) is 13.5. The molecule has 1 fully saturated rings. The molecule has 1 amide bonds. The molecule has 1 aliphatic carbocycles. The zero-order valence-corrected chi connectivity index (χ0v) is 11.4. The van der Waals surface area contributed by atoms with Gasteiger partial charge in [-0.05, 0) is 12.8 Å². The highest BCUT2D eigenvalue weighted by atomic mass is 35.5. The van der Waals surface area contributed by atoms with Crippen molar-refractivity contribution < 1.29 is 9.72 Å². The van der Waals surface area contributed by atoms with E-state index >= 15 is 0 Å². The quantitative estimate of drug-likeness (QED) is 0.531. The fraction of sp³-hybridized carbons (Fsp3) is 0.250. The molecule has 8 nitrogen and oxygen atoms in total. The van der Waals surface area contributed by atoms with Gasteiger partial charge in [0, 0.05) is 18.2 Å². The monoisotopic (exact) mass is 307 g/mol. The van der Waals surface area contributed by atoms with Gasteiger partial charge in [-0.25, -0.2) is 9.97 Å². The van der Waals surface area contributed by atoms with E-state index in [1.807, 2.05) is 0 Å². The molecular weight excluding hydrogens is 298 g/mol. The Kier molecular flexibility index (Phi) is 3.30. The van der Waals surface area contributed by atoms with Gasteiger partial charge in [0.2, 0.25) is 0 Å². The van der Waals surface area contributed by atoms with Crippen LogP contribution in [0.1, 0.15) is 29.4 Å². The van der Waals surface area contributed by atoms with Gasteiger partial charge in [0.1, 0.15) is 23.0 Å². The minimum absolute atomic E-state index is 0.104. The summed E-state index contributed by atoms with van der Waals surface area (Å²) in [5, 5.41) is 13.6. The molecule has 1 saturated carbocycles. The van der Waals surface area contributed by atoms with Crippen molar-refractivity contribution in [1.82, 2.24) is 14.5 Å². The predicted molar refractivity (Wildman–Crippen MR) is 74.4 cm³/mol. The molecule has 2 aromatic rings. The van der Waals surface area contributed by atoms with Gasteiger partial charge < -0.3 is 9.88 Å². The van der Waals surface area contributed by atoms with E-state index in [4.69, 9.17) is 11.6 Å². The summed E-state index contributed by atoms with van der Waals surface area (Å²) in [6.45, 7) is 0. The van der Waals surface area contributed by atoms with Gasteiger partial charge in [-0.2, -0.15) is 0 Å². The number of nitrogens with one attached hydrogen (secondary N) is 1. The number of carbonyl (C=O) groups excluding carboxylic acids is 1. The summed E-state index contributed by atoms with van der Waals surface area (Å²) in [7, 11) is 0. The Morgan fingerprint density at radius 3 is 2.81 bits per heavy atom. The maximum atomic E-state index is 12.3. The normalized spacial score (nSPS) is 14.0. The van der Waals surface area contributed by atoms with Gasteiger partial charge in [-0.3, -0.25) is 14.9 Å². The molecule has 3 rings (SSSR count). The van der Waals surface area contributed by atoms with E-state index in [0.717, 1.165) is 12.8 Å². The smallest absolute Gasteiger partial charge is 0.287 e. The lowest BCUT2D eigenvalue weighted by atomic mass is 10.3.